The number of carbonyl (C=O) groups excluding carboxylic acids is 10. The summed E-state index contributed by atoms with van der Waals surface area (Å²) in [6.45, 7) is 96.9. The van der Waals surface area contributed by atoms with Crippen LogP contribution in [0, 0.1) is 142 Å². The standard InChI is InChI=1S/C10H20N2O.C10H18NO3.C10H17O3.C9H18N2O.C9H16O2.C8H15O2.C7H16.C5H9O.5C4H9.C3H7.5Y/c1-7(2)6-10(13)12-11-9(5)8(3)4;1-9(2)8-10(13)11-4-7-14-6-3-5-12;1-9(2)8-10(12)4-7-13-6-3-5-11;1-7(2)5-9(12)11-10-6-8(3)4;1-6(2)8(10)5-9(11)7(3)4;1-8(2)4-7-10-6-3-5-9;1-6(2)5-7(3)4;1-5(2)3-4-6;5*1-4(2)3;1-3-2;;;;;/h7-8H,6H2,1-5H3,(H,12,13);9H,3-4,6-8H2,1-2H3,(H,11,13);9H,3-4,6-8H2,1-2H3;6-8H,5H2,1-4H3,(H,11,12);6-7H,5H2,1-4H3;8H,3-4,6-7H2,1-2H3;6-7H,5H2,1-4H3;5H,3H2,1-2H3;5*4H,1H2,2-3H3;3H,1-2H3;;;;;/q;2*-1;;;-1;;7*-1;;;;;/b11-9+;;;10-6+;;;;;;;;;;;;;;;. The Hall–Kier alpha value is 0.839. The molecular formula is C91H181N5O13Y5-10. The van der Waals surface area contributed by atoms with E-state index in [1.54, 1.807) is 25.1 Å². The summed E-state index contributed by atoms with van der Waals surface area (Å²) in [7, 11) is 0. The average Bonchev–Trinajstić information content (AvgIpc) is 0.993. The molecule has 0 aromatic heterocycles. The van der Waals surface area contributed by atoms with Crippen molar-refractivity contribution in [2.24, 2.45) is 111 Å². The molecule has 5 radical (unpaired) electrons. The zero-order chi connectivity index (χ0) is 89.2. The first-order valence-electron chi connectivity index (χ1n) is 40.5. The van der Waals surface area contributed by atoms with Gasteiger partial charge in [0.1, 0.15) is 17.3 Å². The fourth-order valence-corrected chi connectivity index (χ4v) is 5.48. The van der Waals surface area contributed by atoms with Crippen LogP contribution in [0.4, 0.5) is 0 Å². The van der Waals surface area contributed by atoms with E-state index in [0.717, 1.165) is 30.6 Å². The second kappa shape index (κ2) is 129. The molecule has 0 aliphatic rings. The summed E-state index contributed by atoms with van der Waals surface area (Å²) >= 11 is 0. The second-order valence-electron chi connectivity index (χ2n) is 33.0. The molecular weight excluding hydrogens is 1820 g/mol. The van der Waals surface area contributed by atoms with Crippen LogP contribution in [0.5, 0.6) is 0 Å². The number of rotatable bonds is 38. The van der Waals surface area contributed by atoms with E-state index in [1.165, 1.54) is 6.42 Å². The molecule has 0 aromatic carbocycles. The molecule has 0 saturated heterocycles. The third-order valence-corrected chi connectivity index (χ3v) is 10.2. The molecule has 0 unspecified atom stereocenters. The topological polar surface area (TPSA) is 259 Å². The molecule has 0 aliphatic carbocycles. The van der Waals surface area contributed by atoms with Gasteiger partial charge in [0.2, 0.25) is 17.7 Å². The van der Waals surface area contributed by atoms with Gasteiger partial charge >= 0.3 is 0 Å². The van der Waals surface area contributed by atoms with Crippen molar-refractivity contribution in [1.29, 1.82) is 0 Å². The predicted molar refractivity (Wildman–Crippen MR) is 471 cm³/mol. The largest absolute Gasteiger partial charge is 0.542 e. The second-order valence-corrected chi connectivity index (χ2v) is 33.0. The van der Waals surface area contributed by atoms with Crippen molar-refractivity contribution in [3.05, 3.63) is 41.0 Å². The van der Waals surface area contributed by atoms with Crippen molar-refractivity contribution >= 4 is 72.1 Å². The van der Waals surface area contributed by atoms with Crippen molar-refractivity contribution < 1.29 is 226 Å². The van der Waals surface area contributed by atoms with Gasteiger partial charge in [-0.2, -0.15) is 60.1 Å². The third-order valence-electron chi connectivity index (χ3n) is 10.2. The van der Waals surface area contributed by atoms with Gasteiger partial charge in [-0.25, -0.2) is 10.9 Å². The molecule has 23 heteroatoms. The average molecular weight is 2000 g/mol. The summed E-state index contributed by atoms with van der Waals surface area (Å²) in [5.41, 5.74) is 5.98. The Morgan fingerprint density at radius 1 is 0.386 bits per heavy atom. The van der Waals surface area contributed by atoms with Crippen LogP contribution >= 0.6 is 0 Å². The minimum absolute atomic E-state index is 0. The number of ether oxygens (including phenoxy) is 3. The zero-order valence-electron chi connectivity index (χ0n) is 81.0. The Labute approximate surface area is 835 Å². The van der Waals surface area contributed by atoms with Crippen LogP contribution in [-0.4, -0.2) is 118 Å². The van der Waals surface area contributed by atoms with Crippen molar-refractivity contribution in [3.8, 4) is 0 Å². The van der Waals surface area contributed by atoms with E-state index in [2.05, 4.69) is 172 Å². The quantitative estimate of drug-likeness (QED) is 0.0171. The number of carbonyl (C=O) groups is 6. The van der Waals surface area contributed by atoms with Gasteiger partial charge in [-0.3, -0.25) is 53.9 Å². The van der Waals surface area contributed by atoms with Crippen LogP contribution in [0.2, 0.25) is 0 Å². The summed E-state index contributed by atoms with van der Waals surface area (Å²) in [4.78, 5) is 105. The van der Waals surface area contributed by atoms with E-state index in [-0.39, 0.29) is 217 Å². The number of hydrogen-bond donors (Lipinski definition) is 3. The number of nitrogens with zero attached hydrogens (tertiary/aromatic N) is 2. The first kappa shape index (κ1) is 162. The SMILES string of the molecule is C/C(=N\NC(=O)CC(C)C)C(C)C.CC(C)/C=N/NC(=O)CC(C)C.CC(C)C(=O)CC(=O)C(C)C.CC(C)CC(=O)CCOCC[C-]=O.CC(C)CC(=O)NCCOCC[C-]=O.CC(C)CC(C)C.CC(C)CCOCC[C-]=O.CC(C)C[C-]=O.C[CH-]C.[CH2-]C(C)C.[CH2-]C(C)C.[CH2-]C(C)C.[CH2-]C(C)C.[CH2-]C(C)C.[Y].[Y].[Y].[Y].[Y]. The monoisotopic (exact) mass is 2000 g/mol. The summed E-state index contributed by atoms with van der Waals surface area (Å²) < 4.78 is 15.2. The molecule has 0 spiro atoms. The van der Waals surface area contributed by atoms with E-state index < -0.39 is 0 Å². The normalized spacial score (nSPS) is 9.90. The fraction of sp³-hybridized carbons (Fsp3) is 0.802. The maximum Gasteiger partial charge on any atom is 0.240 e. The van der Waals surface area contributed by atoms with Gasteiger partial charge in [-0.15, -0.1) is 19.3 Å². The minimum atomic E-state index is -0.0160. The number of ketones is 3. The Kier molecular flexibility index (Phi) is 184. The minimum Gasteiger partial charge on any atom is -0.542 e. The van der Waals surface area contributed by atoms with E-state index in [1.807, 2.05) is 158 Å². The van der Waals surface area contributed by atoms with Crippen LogP contribution in [0.1, 0.15) is 333 Å². The van der Waals surface area contributed by atoms with Crippen LogP contribution in [-0.2, 0) is 226 Å². The van der Waals surface area contributed by atoms with E-state index in [0.29, 0.717) is 174 Å². The van der Waals surface area contributed by atoms with Crippen LogP contribution in [0.3, 0.4) is 0 Å². The van der Waals surface area contributed by atoms with Crippen molar-refractivity contribution in [2.75, 3.05) is 46.2 Å². The first-order chi connectivity index (χ1) is 50.0. The van der Waals surface area contributed by atoms with Crippen molar-refractivity contribution in [2.45, 2.75) is 333 Å². The maximum atomic E-state index is 11.2. The summed E-state index contributed by atoms with van der Waals surface area (Å²) in [6, 6.07) is 0. The van der Waals surface area contributed by atoms with Crippen LogP contribution in [0.25, 0.3) is 0 Å². The number of hydrazone groups is 2. The molecule has 0 fully saturated rings. The molecule has 114 heavy (non-hydrogen) atoms. The van der Waals surface area contributed by atoms with Gasteiger partial charge in [0.15, 0.2) is 0 Å². The van der Waals surface area contributed by atoms with Crippen molar-refractivity contribution in [1.82, 2.24) is 16.2 Å². The Morgan fingerprint density at radius 2 is 0.684 bits per heavy atom. The predicted octanol–water partition coefficient (Wildman–Crippen LogP) is 22.0. The Bertz CT molecular complexity index is 1930. The third kappa shape index (κ3) is 266. The Balaban J connectivity index is -0.0000000512. The van der Waals surface area contributed by atoms with E-state index in [4.69, 9.17) is 14.2 Å². The van der Waals surface area contributed by atoms with E-state index >= 15 is 0 Å². The molecule has 0 bridgehead atoms. The molecule has 0 heterocycles. The molecule has 3 amide bonds. The maximum absolute atomic E-state index is 11.2. The number of hydrogen-bond acceptors (Lipinski definition) is 15. The smallest absolute Gasteiger partial charge is 0.240 e. The molecule has 0 aliphatic heterocycles. The van der Waals surface area contributed by atoms with Gasteiger partial charge in [0.05, 0.1) is 19.6 Å². The van der Waals surface area contributed by atoms with Crippen molar-refractivity contribution in [3.63, 3.8) is 0 Å². The van der Waals surface area contributed by atoms with E-state index in [9.17, 15) is 47.9 Å². The van der Waals surface area contributed by atoms with Gasteiger partial charge in [0.25, 0.3) is 0 Å². The van der Waals surface area contributed by atoms with Gasteiger partial charge in [-0.05, 0) is 73.0 Å². The first-order valence-corrected chi connectivity index (χ1v) is 40.5. The number of Topliss-reactive ketones (excluding diaryl/α,β-unsaturated/α-hetero) is 3. The van der Waals surface area contributed by atoms with Gasteiger partial charge in [0, 0.05) is 252 Å². The molecule has 0 saturated carbocycles. The molecule has 0 aromatic rings. The molecule has 3 N–H and O–H groups in total. The summed E-state index contributed by atoms with van der Waals surface area (Å²) in [6.07, 6.45) is 17.6. The van der Waals surface area contributed by atoms with Crippen LogP contribution in [0.15, 0.2) is 10.2 Å². The molecule has 18 nitrogen and oxygen atoms in total. The number of amides is 3. The van der Waals surface area contributed by atoms with Gasteiger partial charge < -0.3 is 79.7 Å². The summed E-state index contributed by atoms with van der Waals surface area (Å²) in [5.74, 6) is 8.46. The Morgan fingerprint density at radius 3 is 0.921 bits per heavy atom. The fourth-order valence-electron chi connectivity index (χ4n) is 5.48. The van der Waals surface area contributed by atoms with Gasteiger partial charge in [-0.1, -0.05) is 241 Å². The molecule has 673 valence electrons. The zero-order valence-corrected chi connectivity index (χ0v) is 95.2. The number of nitrogens with one attached hydrogen (secondary N) is 3. The summed E-state index contributed by atoms with van der Waals surface area (Å²) in [5, 5.41) is 10.5. The molecule has 0 atom stereocenters. The van der Waals surface area contributed by atoms with Crippen LogP contribution < -0.4 is 16.2 Å². The molecule has 0 rings (SSSR count).